The lowest BCUT2D eigenvalue weighted by atomic mass is 9.83. The average Bonchev–Trinajstić information content (AvgIpc) is 2.83. The molecule has 1 saturated heterocycles. The number of hydrogen-bond donors (Lipinski definition) is 0. The first-order chi connectivity index (χ1) is 15.0. The normalized spacial score (nSPS) is 22.1. The lowest BCUT2D eigenvalue weighted by molar-refractivity contribution is -0.160. The molecule has 0 radical (unpaired) electrons. The molecule has 2 aliphatic rings. The number of nitrogens with zero attached hydrogens (tertiary/aromatic N) is 1. The van der Waals surface area contributed by atoms with Gasteiger partial charge in [0.2, 0.25) is 5.78 Å². The first-order valence-electron chi connectivity index (χ1n) is 11.7. The van der Waals surface area contributed by atoms with Crippen molar-refractivity contribution < 1.29 is 23.9 Å². The number of carbonyl (C=O) groups is 3. The van der Waals surface area contributed by atoms with Gasteiger partial charge in [0.05, 0.1) is 13.7 Å². The van der Waals surface area contributed by atoms with Gasteiger partial charge in [-0.2, -0.15) is 0 Å². The number of piperidine rings is 1. The van der Waals surface area contributed by atoms with E-state index in [1.807, 2.05) is 31.2 Å². The molecule has 2 atom stereocenters. The zero-order valence-corrected chi connectivity index (χ0v) is 18.8. The second-order valence-electron chi connectivity index (χ2n) is 8.73. The molecule has 1 heterocycles. The van der Waals surface area contributed by atoms with E-state index in [1.54, 1.807) is 7.11 Å². The van der Waals surface area contributed by atoms with E-state index in [0.29, 0.717) is 19.6 Å². The highest BCUT2D eigenvalue weighted by molar-refractivity contribution is 6.37. The van der Waals surface area contributed by atoms with Crippen molar-refractivity contribution in [3.63, 3.8) is 0 Å². The van der Waals surface area contributed by atoms with Gasteiger partial charge in [-0.1, -0.05) is 44.7 Å². The topological polar surface area (TPSA) is 72.9 Å². The number of methoxy groups -OCH3 is 1. The minimum Gasteiger partial charge on any atom is -0.497 e. The standard InChI is InChI=1S/C25H35NO5/c1-3-4-16-31-25(29)22-17-20(18-10-12-21(30-2)13-11-18)14-15-26(22)24(28)23(27)19-8-6-5-7-9-19/h10-13,19-20,22H,3-9,14-17H2,1-2H3. The number of esters is 1. The van der Waals surface area contributed by atoms with Crippen LogP contribution in [0.5, 0.6) is 5.75 Å². The summed E-state index contributed by atoms with van der Waals surface area (Å²) in [5.41, 5.74) is 1.11. The van der Waals surface area contributed by atoms with Gasteiger partial charge >= 0.3 is 5.97 Å². The van der Waals surface area contributed by atoms with Crippen LogP contribution in [0.15, 0.2) is 24.3 Å². The Morgan fingerprint density at radius 2 is 1.74 bits per heavy atom. The summed E-state index contributed by atoms with van der Waals surface area (Å²) in [6.45, 7) is 2.77. The van der Waals surface area contributed by atoms with Gasteiger partial charge in [0, 0.05) is 12.5 Å². The predicted octanol–water partition coefficient (Wildman–Crippen LogP) is 4.26. The molecule has 1 saturated carbocycles. The van der Waals surface area contributed by atoms with Crippen LogP contribution in [0.1, 0.15) is 76.2 Å². The summed E-state index contributed by atoms with van der Waals surface area (Å²) in [5.74, 6) is -0.506. The van der Waals surface area contributed by atoms with Crippen LogP contribution in [0.2, 0.25) is 0 Å². The number of amides is 1. The number of unbranched alkanes of at least 4 members (excludes halogenated alkanes) is 1. The monoisotopic (exact) mass is 429 g/mol. The van der Waals surface area contributed by atoms with Gasteiger partial charge in [-0.3, -0.25) is 9.59 Å². The molecule has 1 aliphatic heterocycles. The molecule has 0 N–H and O–H groups in total. The smallest absolute Gasteiger partial charge is 0.328 e. The molecule has 1 aromatic carbocycles. The van der Waals surface area contributed by atoms with Crippen molar-refractivity contribution in [3.05, 3.63) is 29.8 Å². The van der Waals surface area contributed by atoms with E-state index in [4.69, 9.17) is 9.47 Å². The minimum absolute atomic E-state index is 0.128. The van der Waals surface area contributed by atoms with Gasteiger partial charge in [0.25, 0.3) is 5.91 Å². The van der Waals surface area contributed by atoms with Gasteiger partial charge in [-0.25, -0.2) is 4.79 Å². The Labute approximate surface area is 185 Å². The number of Topliss-reactive ketones (excluding diaryl/α,β-unsaturated/α-hetero) is 1. The van der Waals surface area contributed by atoms with Crippen LogP contribution in [0.4, 0.5) is 0 Å². The fourth-order valence-electron chi connectivity index (χ4n) is 4.70. The maximum atomic E-state index is 13.1. The first kappa shape index (κ1) is 23.3. The summed E-state index contributed by atoms with van der Waals surface area (Å²) < 4.78 is 10.7. The van der Waals surface area contributed by atoms with E-state index in [2.05, 4.69) is 0 Å². The van der Waals surface area contributed by atoms with Crippen LogP contribution in [-0.2, 0) is 19.1 Å². The zero-order valence-electron chi connectivity index (χ0n) is 18.8. The second-order valence-corrected chi connectivity index (χ2v) is 8.73. The number of likely N-dealkylation sites (tertiary alicyclic amines) is 1. The highest BCUT2D eigenvalue weighted by Gasteiger charge is 2.41. The van der Waals surface area contributed by atoms with E-state index >= 15 is 0 Å². The van der Waals surface area contributed by atoms with Crippen molar-refractivity contribution >= 4 is 17.7 Å². The highest BCUT2D eigenvalue weighted by Crippen LogP contribution is 2.34. The van der Waals surface area contributed by atoms with Gasteiger partial charge in [0.1, 0.15) is 11.8 Å². The van der Waals surface area contributed by atoms with Crippen molar-refractivity contribution in [2.45, 2.75) is 76.7 Å². The van der Waals surface area contributed by atoms with Crippen LogP contribution in [0.25, 0.3) is 0 Å². The molecule has 1 amide bonds. The summed E-state index contributed by atoms with van der Waals surface area (Å²) in [6, 6.07) is 7.13. The molecule has 3 rings (SSSR count). The molecule has 1 aliphatic carbocycles. The average molecular weight is 430 g/mol. The molecular formula is C25H35NO5. The number of rotatable bonds is 8. The summed E-state index contributed by atoms with van der Waals surface area (Å²) >= 11 is 0. The summed E-state index contributed by atoms with van der Waals surface area (Å²) in [7, 11) is 1.63. The second kappa shape index (κ2) is 11.3. The third kappa shape index (κ3) is 5.86. The molecule has 0 spiro atoms. The molecule has 6 nitrogen and oxygen atoms in total. The molecular weight excluding hydrogens is 394 g/mol. The lowest BCUT2D eigenvalue weighted by Crippen LogP contribution is -2.53. The molecule has 31 heavy (non-hydrogen) atoms. The Morgan fingerprint density at radius 3 is 2.39 bits per heavy atom. The van der Waals surface area contributed by atoms with Crippen LogP contribution in [0, 0.1) is 5.92 Å². The van der Waals surface area contributed by atoms with Crippen molar-refractivity contribution in [2.24, 2.45) is 5.92 Å². The van der Waals surface area contributed by atoms with Crippen molar-refractivity contribution in [1.82, 2.24) is 4.90 Å². The summed E-state index contributed by atoms with van der Waals surface area (Å²) in [4.78, 5) is 40.4. The Hall–Kier alpha value is -2.37. The number of ketones is 1. The fourth-order valence-corrected chi connectivity index (χ4v) is 4.70. The van der Waals surface area contributed by atoms with E-state index < -0.39 is 17.9 Å². The Bertz CT molecular complexity index is 754. The third-order valence-electron chi connectivity index (χ3n) is 6.65. The SMILES string of the molecule is CCCCOC(=O)C1CC(c2ccc(OC)cc2)CCN1C(=O)C(=O)C1CCCCC1. The maximum absolute atomic E-state index is 13.1. The molecule has 6 heteroatoms. The molecule has 170 valence electrons. The summed E-state index contributed by atoms with van der Waals surface area (Å²) in [5, 5.41) is 0. The highest BCUT2D eigenvalue weighted by atomic mass is 16.5. The fraction of sp³-hybridized carbons (Fsp3) is 0.640. The molecule has 1 aromatic rings. The molecule has 2 unspecified atom stereocenters. The van der Waals surface area contributed by atoms with Crippen LogP contribution >= 0.6 is 0 Å². The molecule has 0 aromatic heterocycles. The Morgan fingerprint density at radius 1 is 1.03 bits per heavy atom. The molecule has 0 bridgehead atoms. The zero-order chi connectivity index (χ0) is 22.2. The quantitative estimate of drug-likeness (QED) is 0.351. The Kier molecular flexibility index (Phi) is 8.50. The molecule has 2 fully saturated rings. The van der Waals surface area contributed by atoms with E-state index in [0.717, 1.165) is 62.7 Å². The van der Waals surface area contributed by atoms with E-state index in [9.17, 15) is 14.4 Å². The largest absolute Gasteiger partial charge is 0.497 e. The predicted molar refractivity (Wildman–Crippen MR) is 118 cm³/mol. The number of carbonyl (C=O) groups excluding carboxylic acids is 3. The first-order valence-corrected chi connectivity index (χ1v) is 11.7. The number of ether oxygens (including phenoxy) is 2. The lowest BCUT2D eigenvalue weighted by Gasteiger charge is -2.38. The maximum Gasteiger partial charge on any atom is 0.328 e. The van der Waals surface area contributed by atoms with Crippen molar-refractivity contribution in [3.8, 4) is 5.75 Å². The number of hydrogen-bond acceptors (Lipinski definition) is 5. The van der Waals surface area contributed by atoms with Gasteiger partial charge < -0.3 is 14.4 Å². The third-order valence-corrected chi connectivity index (χ3v) is 6.65. The van der Waals surface area contributed by atoms with Crippen LogP contribution in [0.3, 0.4) is 0 Å². The van der Waals surface area contributed by atoms with Crippen molar-refractivity contribution in [2.75, 3.05) is 20.3 Å². The van der Waals surface area contributed by atoms with Crippen LogP contribution in [-0.4, -0.2) is 48.9 Å². The van der Waals surface area contributed by atoms with E-state index in [-0.39, 0.29) is 17.6 Å². The van der Waals surface area contributed by atoms with Gasteiger partial charge in [-0.15, -0.1) is 0 Å². The minimum atomic E-state index is -0.710. The van der Waals surface area contributed by atoms with Gasteiger partial charge in [0.15, 0.2) is 0 Å². The van der Waals surface area contributed by atoms with E-state index in [1.165, 1.54) is 4.90 Å². The Balaban J connectivity index is 1.74. The van der Waals surface area contributed by atoms with Crippen molar-refractivity contribution in [1.29, 1.82) is 0 Å². The van der Waals surface area contributed by atoms with Crippen LogP contribution < -0.4 is 4.74 Å². The van der Waals surface area contributed by atoms with Gasteiger partial charge in [-0.05, 0) is 55.7 Å². The summed E-state index contributed by atoms with van der Waals surface area (Å²) in [6.07, 6.45) is 7.56. The number of benzene rings is 1.